The molecule has 1 aromatic heterocycles. The summed E-state index contributed by atoms with van der Waals surface area (Å²) in [6.07, 6.45) is 7.92. The third kappa shape index (κ3) is 3.93. The van der Waals surface area contributed by atoms with Crippen LogP contribution in [-0.2, 0) is 6.42 Å². The SMILES string of the molecule is CC(C)C1CCC(C(Cc2ccnc(N)c2)NN)CC1. The molecule has 1 aliphatic carbocycles. The van der Waals surface area contributed by atoms with Gasteiger partial charge in [-0.3, -0.25) is 11.3 Å². The summed E-state index contributed by atoms with van der Waals surface area (Å²) in [5, 5.41) is 0. The highest BCUT2D eigenvalue weighted by Crippen LogP contribution is 2.35. The lowest BCUT2D eigenvalue weighted by molar-refractivity contribution is 0.188. The van der Waals surface area contributed by atoms with Crippen LogP contribution in [0.3, 0.4) is 0 Å². The van der Waals surface area contributed by atoms with Gasteiger partial charge < -0.3 is 5.73 Å². The van der Waals surface area contributed by atoms with E-state index >= 15 is 0 Å². The fourth-order valence-electron chi connectivity index (χ4n) is 3.45. The fraction of sp³-hybridized carbons (Fsp3) is 0.688. The molecule has 2 rings (SSSR count). The second-order valence-corrected chi connectivity index (χ2v) is 6.49. The Bertz CT molecular complexity index is 411. The van der Waals surface area contributed by atoms with E-state index in [4.69, 9.17) is 11.6 Å². The van der Waals surface area contributed by atoms with Crippen molar-refractivity contribution < 1.29 is 0 Å². The van der Waals surface area contributed by atoms with Crippen molar-refractivity contribution in [2.45, 2.75) is 52.0 Å². The molecule has 20 heavy (non-hydrogen) atoms. The van der Waals surface area contributed by atoms with E-state index in [-0.39, 0.29) is 0 Å². The first-order valence-corrected chi connectivity index (χ1v) is 7.76. The Balaban J connectivity index is 1.92. The van der Waals surface area contributed by atoms with Gasteiger partial charge in [0.25, 0.3) is 0 Å². The standard InChI is InChI=1S/C16H28N4/c1-11(2)13-3-5-14(6-4-13)15(20-18)9-12-7-8-19-16(17)10-12/h7-8,10-11,13-15,20H,3-6,9,18H2,1-2H3,(H2,17,19). The second kappa shape index (κ2) is 7.04. The first-order valence-electron chi connectivity index (χ1n) is 7.76. The highest BCUT2D eigenvalue weighted by atomic mass is 15.2. The van der Waals surface area contributed by atoms with E-state index in [1.165, 1.54) is 31.2 Å². The van der Waals surface area contributed by atoms with Gasteiger partial charge in [-0.2, -0.15) is 0 Å². The van der Waals surface area contributed by atoms with Gasteiger partial charge in [0.1, 0.15) is 5.82 Å². The number of hydrogen-bond acceptors (Lipinski definition) is 4. The summed E-state index contributed by atoms with van der Waals surface area (Å²) >= 11 is 0. The molecule has 4 nitrogen and oxygen atoms in total. The quantitative estimate of drug-likeness (QED) is 0.570. The summed E-state index contributed by atoms with van der Waals surface area (Å²) in [4.78, 5) is 4.04. The third-order valence-electron chi connectivity index (χ3n) is 4.84. The van der Waals surface area contributed by atoms with Gasteiger partial charge in [-0.1, -0.05) is 13.8 Å². The number of rotatable bonds is 5. The zero-order valence-electron chi connectivity index (χ0n) is 12.7. The number of nitrogen functional groups attached to an aromatic ring is 1. The van der Waals surface area contributed by atoms with E-state index in [1.807, 2.05) is 12.1 Å². The zero-order chi connectivity index (χ0) is 14.5. The molecule has 0 bridgehead atoms. The third-order valence-corrected chi connectivity index (χ3v) is 4.84. The molecule has 1 aliphatic rings. The lowest BCUT2D eigenvalue weighted by Gasteiger charge is -2.35. The number of aromatic nitrogens is 1. The monoisotopic (exact) mass is 276 g/mol. The zero-order valence-corrected chi connectivity index (χ0v) is 12.7. The minimum atomic E-state index is 0.338. The molecule has 1 fully saturated rings. The van der Waals surface area contributed by atoms with Crippen molar-refractivity contribution in [3.8, 4) is 0 Å². The van der Waals surface area contributed by atoms with Gasteiger partial charge in [-0.05, 0) is 67.6 Å². The molecule has 0 aromatic carbocycles. The van der Waals surface area contributed by atoms with E-state index in [9.17, 15) is 0 Å². The normalized spacial score (nSPS) is 24.8. The van der Waals surface area contributed by atoms with Gasteiger partial charge in [0.2, 0.25) is 0 Å². The van der Waals surface area contributed by atoms with Crippen molar-refractivity contribution in [1.82, 2.24) is 10.4 Å². The van der Waals surface area contributed by atoms with Crippen molar-refractivity contribution in [3.63, 3.8) is 0 Å². The first kappa shape index (κ1) is 15.3. The summed E-state index contributed by atoms with van der Waals surface area (Å²) in [5.41, 5.74) is 9.98. The fourth-order valence-corrected chi connectivity index (χ4v) is 3.45. The highest BCUT2D eigenvalue weighted by molar-refractivity contribution is 5.32. The molecule has 1 atom stereocenters. The number of nitrogens with zero attached hydrogens (tertiary/aromatic N) is 1. The summed E-state index contributed by atoms with van der Waals surface area (Å²) < 4.78 is 0. The Morgan fingerprint density at radius 3 is 2.45 bits per heavy atom. The Hall–Kier alpha value is -1.13. The molecule has 1 unspecified atom stereocenters. The van der Waals surface area contributed by atoms with E-state index in [1.54, 1.807) is 6.20 Å². The van der Waals surface area contributed by atoms with Crippen LogP contribution in [0, 0.1) is 17.8 Å². The number of pyridine rings is 1. The Kier molecular flexibility index (Phi) is 5.38. The van der Waals surface area contributed by atoms with Crippen LogP contribution >= 0.6 is 0 Å². The van der Waals surface area contributed by atoms with Crippen molar-refractivity contribution in [2.24, 2.45) is 23.6 Å². The molecular formula is C16H28N4. The van der Waals surface area contributed by atoms with Crippen LogP contribution in [0.15, 0.2) is 18.3 Å². The first-order chi connectivity index (χ1) is 9.60. The van der Waals surface area contributed by atoms with Gasteiger partial charge in [0, 0.05) is 12.2 Å². The molecule has 0 amide bonds. The molecule has 1 saturated carbocycles. The molecule has 5 N–H and O–H groups in total. The van der Waals surface area contributed by atoms with Gasteiger partial charge in [0.05, 0.1) is 0 Å². The smallest absolute Gasteiger partial charge is 0.123 e. The number of nitrogens with two attached hydrogens (primary N) is 2. The van der Waals surface area contributed by atoms with Crippen LogP contribution in [0.2, 0.25) is 0 Å². The van der Waals surface area contributed by atoms with E-state index in [2.05, 4.69) is 24.3 Å². The van der Waals surface area contributed by atoms with Crippen molar-refractivity contribution in [2.75, 3.05) is 5.73 Å². The molecule has 0 saturated heterocycles. The average Bonchev–Trinajstić information content (AvgIpc) is 2.45. The summed E-state index contributed by atoms with van der Waals surface area (Å²) in [5.74, 6) is 8.74. The lowest BCUT2D eigenvalue weighted by Crippen LogP contribution is -2.44. The Morgan fingerprint density at radius 1 is 1.25 bits per heavy atom. The molecule has 0 spiro atoms. The largest absolute Gasteiger partial charge is 0.384 e. The number of hydrogen-bond donors (Lipinski definition) is 3. The van der Waals surface area contributed by atoms with Crippen molar-refractivity contribution in [3.05, 3.63) is 23.9 Å². The van der Waals surface area contributed by atoms with E-state index in [0.29, 0.717) is 17.8 Å². The molecule has 4 heteroatoms. The predicted molar refractivity (Wildman–Crippen MR) is 83.8 cm³/mol. The van der Waals surface area contributed by atoms with Gasteiger partial charge >= 0.3 is 0 Å². The summed E-state index contributed by atoms with van der Waals surface area (Å²) in [6.45, 7) is 4.67. The Morgan fingerprint density at radius 2 is 1.90 bits per heavy atom. The van der Waals surface area contributed by atoms with Crippen LogP contribution in [0.25, 0.3) is 0 Å². The van der Waals surface area contributed by atoms with Crippen molar-refractivity contribution >= 4 is 5.82 Å². The lowest BCUT2D eigenvalue weighted by atomic mass is 9.74. The van der Waals surface area contributed by atoms with Crippen LogP contribution < -0.4 is 17.0 Å². The topological polar surface area (TPSA) is 77.0 Å². The average molecular weight is 276 g/mol. The maximum Gasteiger partial charge on any atom is 0.123 e. The van der Waals surface area contributed by atoms with Crippen LogP contribution in [0.5, 0.6) is 0 Å². The molecule has 112 valence electrons. The summed E-state index contributed by atoms with van der Waals surface area (Å²) in [7, 11) is 0. The van der Waals surface area contributed by atoms with Gasteiger partial charge in [-0.15, -0.1) is 0 Å². The molecule has 0 radical (unpaired) electrons. The van der Waals surface area contributed by atoms with E-state index in [0.717, 1.165) is 18.3 Å². The highest BCUT2D eigenvalue weighted by Gasteiger charge is 2.28. The number of hydrazine groups is 1. The van der Waals surface area contributed by atoms with Crippen LogP contribution in [0.4, 0.5) is 5.82 Å². The van der Waals surface area contributed by atoms with E-state index < -0.39 is 0 Å². The minimum Gasteiger partial charge on any atom is -0.384 e. The van der Waals surface area contributed by atoms with Crippen molar-refractivity contribution in [1.29, 1.82) is 0 Å². The molecular weight excluding hydrogens is 248 g/mol. The van der Waals surface area contributed by atoms with Gasteiger partial charge in [-0.25, -0.2) is 4.98 Å². The van der Waals surface area contributed by atoms with Crippen LogP contribution in [-0.4, -0.2) is 11.0 Å². The number of anilines is 1. The maximum absolute atomic E-state index is 5.79. The molecule has 1 heterocycles. The van der Waals surface area contributed by atoms with Gasteiger partial charge in [0.15, 0.2) is 0 Å². The number of nitrogens with one attached hydrogen (secondary N) is 1. The Labute approximate surface area is 122 Å². The predicted octanol–water partition coefficient (Wildman–Crippen LogP) is 2.50. The second-order valence-electron chi connectivity index (χ2n) is 6.49. The minimum absolute atomic E-state index is 0.338. The maximum atomic E-state index is 5.79. The summed E-state index contributed by atoms with van der Waals surface area (Å²) in [6, 6.07) is 4.31. The van der Waals surface area contributed by atoms with Crippen LogP contribution in [0.1, 0.15) is 45.1 Å². The molecule has 1 aromatic rings. The molecule has 0 aliphatic heterocycles.